The van der Waals surface area contributed by atoms with Crippen LogP contribution in [0.4, 0.5) is 30.2 Å². The number of amides is 1. The number of hydrogen-bond donors (Lipinski definition) is 2. The van der Waals surface area contributed by atoms with E-state index >= 15 is 0 Å². The van der Waals surface area contributed by atoms with Crippen LogP contribution in [0.1, 0.15) is 17.5 Å². The predicted molar refractivity (Wildman–Crippen MR) is 111 cm³/mol. The van der Waals surface area contributed by atoms with Crippen molar-refractivity contribution in [3.05, 3.63) is 52.5 Å². The van der Waals surface area contributed by atoms with Crippen LogP contribution in [-0.4, -0.2) is 33.7 Å². The van der Waals surface area contributed by atoms with Crippen molar-refractivity contribution in [2.75, 3.05) is 34.3 Å². The number of benzene rings is 2. The number of carbonyl (C=O) groups is 1. The monoisotopic (exact) mass is 461 g/mol. The minimum absolute atomic E-state index is 0.0125. The second-order valence-corrected chi connectivity index (χ2v) is 9.10. The molecule has 2 aromatic rings. The maximum atomic E-state index is 13.0. The summed E-state index contributed by atoms with van der Waals surface area (Å²) in [5.41, 5.74) is 0.890. The number of alkyl halides is 3. The molecule has 30 heavy (non-hydrogen) atoms. The highest BCUT2D eigenvalue weighted by atomic mass is 35.5. The van der Waals surface area contributed by atoms with Crippen molar-refractivity contribution in [3.8, 4) is 0 Å². The largest absolute Gasteiger partial charge is 0.417 e. The third kappa shape index (κ3) is 5.37. The number of rotatable bonds is 5. The lowest BCUT2D eigenvalue weighted by Gasteiger charge is -2.32. The zero-order valence-electron chi connectivity index (χ0n) is 15.9. The van der Waals surface area contributed by atoms with Crippen LogP contribution in [-0.2, 0) is 27.4 Å². The molecule has 2 N–H and O–H groups in total. The highest BCUT2D eigenvalue weighted by Crippen LogP contribution is 2.36. The molecule has 0 unspecified atom stereocenters. The van der Waals surface area contributed by atoms with Gasteiger partial charge in [-0.25, -0.2) is 8.42 Å². The molecule has 0 fully saturated rings. The first-order valence-corrected chi connectivity index (χ1v) is 11.2. The summed E-state index contributed by atoms with van der Waals surface area (Å²) in [5.74, 6) is -0.500. The van der Waals surface area contributed by atoms with Gasteiger partial charge >= 0.3 is 6.18 Å². The summed E-state index contributed by atoms with van der Waals surface area (Å²) in [5, 5.41) is 2.01. The van der Waals surface area contributed by atoms with Crippen LogP contribution in [0.25, 0.3) is 0 Å². The topological polar surface area (TPSA) is 78.5 Å². The molecule has 1 aliphatic heterocycles. The van der Waals surface area contributed by atoms with E-state index in [1.165, 1.54) is 6.07 Å². The van der Waals surface area contributed by atoms with Crippen LogP contribution in [0.2, 0.25) is 5.02 Å². The summed E-state index contributed by atoms with van der Waals surface area (Å²) in [4.78, 5) is 14.2. The lowest BCUT2D eigenvalue weighted by molar-refractivity contribution is -0.137. The van der Waals surface area contributed by atoms with E-state index in [-0.39, 0.29) is 12.2 Å². The van der Waals surface area contributed by atoms with Gasteiger partial charge in [-0.2, -0.15) is 13.2 Å². The van der Waals surface area contributed by atoms with Crippen molar-refractivity contribution in [2.45, 2.75) is 19.0 Å². The Kier molecular flexibility index (Phi) is 6.19. The molecular formula is C19H19ClF3N3O3S. The number of sulfonamides is 1. The maximum absolute atomic E-state index is 13.0. The van der Waals surface area contributed by atoms with Gasteiger partial charge in [-0.3, -0.25) is 9.52 Å². The lowest BCUT2D eigenvalue weighted by atomic mass is 10.00. The van der Waals surface area contributed by atoms with Crippen LogP contribution in [0.3, 0.4) is 0 Å². The molecule has 3 rings (SSSR count). The molecule has 0 aromatic heterocycles. The number of carbonyl (C=O) groups excluding carboxylic acids is 1. The molecule has 1 aliphatic rings. The van der Waals surface area contributed by atoms with Gasteiger partial charge in [-0.1, -0.05) is 17.7 Å². The normalized spacial score (nSPS) is 14.2. The fourth-order valence-electron chi connectivity index (χ4n) is 3.35. The zero-order valence-corrected chi connectivity index (χ0v) is 17.5. The number of anilines is 3. The summed E-state index contributed by atoms with van der Waals surface area (Å²) in [7, 11) is -3.46. The second-order valence-electron chi connectivity index (χ2n) is 6.94. The average molecular weight is 462 g/mol. The fraction of sp³-hybridized carbons (Fsp3) is 0.316. The first kappa shape index (κ1) is 22.2. The Labute approximate surface area is 177 Å². The Hall–Kier alpha value is -2.46. The van der Waals surface area contributed by atoms with Gasteiger partial charge in [0.15, 0.2) is 0 Å². The highest BCUT2D eigenvalue weighted by Gasteiger charge is 2.33. The van der Waals surface area contributed by atoms with E-state index in [4.69, 9.17) is 11.6 Å². The van der Waals surface area contributed by atoms with Gasteiger partial charge in [0.1, 0.15) is 0 Å². The molecule has 11 heteroatoms. The Morgan fingerprint density at radius 3 is 2.63 bits per heavy atom. The molecule has 0 atom stereocenters. The standard InChI is InChI=1S/C19H19ClF3N3O3S/c1-30(28,29)25-16-5-2-6-17-13(16)4-3-9-26(17)11-18(27)24-12-7-8-15(20)14(10-12)19(21,22)23/h2,5-8,10,25H,3-4,9,11H2,1H3,(H,24,27). The highest BCUT2D eigenvalue weighted by molar-refractivity contribution is 7.92. The van der Waals surface area contributed by atoms with E-state index in [2.05, 4.69) is 10.0 Å². The molecule has 6 nitrogen and oxygen atoms in total. The van der Waals surface area contributed by atoms with Gasteiger partial charge in [0, 0.05) is 17.9 Å². The molecule has 0 bridgehead atoms. The van der Waals surface area contributed by atoms with Gasteiger partial charge in [-0.05, 0) is 48.7 Å². The van der Waals surface area contributed by atoms with Crippen LogP contribution in [0.15, 0.2) is 36.4 Å². The smallest absolute Gasteiger partial charge is 0.362 e. The van der Waals surface area contributed by atoms with Crippen molar-refractivity contribution >= 4 is 44.6 Å². The van der Waals surface area contributed by atoms with Crippen LogP contribution < -0.4 is 14.9 Å². The van der Waals surface area contributed by atoms with Crippen LogP contribution in [0, 0.1) is 0 Å². The number of nitrogens with one attached hydrogen (secondary N) is 2. The van der Waals surface area contributed by atoms with Crippen molar-refractivity contribution < 1.29 is 26.4 Å². The summed E-state index contributed by atoms with van der Waals surface area (Å²) in [6, 6.07) is 8.28. The van der Waals surface area contributed by atoms with Crippen LogP contribution >= 0.6 is 11.6 Å². The van der Waals surface area contributed by atoms with Crippen molar-refractivity contribution in [2.24, 2.45) is 0 Å². The molecule has 0 aliphatic carbocycles. The number of hydrogen-bond acceptors (Lipinski definition) is 4. The third-order valence-corrected chi connectivity index (χ3v) is 5.45. The van der Waals surface area contributed by atoms with E-state index in [0.717, 1.165) is 24.0 Å². The number of halogens is 4. The summed E-state index contributed by atoms with van der Waals surface area (Å²) < 4.78 is 64.7. The van der Waals surface area contributed by atoms with Gasteiger partial charge in [-0.15, -0.1) is 0 Å². The lowest BCUT2D eigenvalue weighted by Crippen LogP contribution is -2.37. The Balaban J connectivity index is 1.77. The maximum Gasteiger partial charge on any atom is 0.417 e. The molecule has 0 saturated carbocycles. The third-order valence-electron chi connectivity index (χ3n) is 4.53. The van der Waals surface area contributed by atoms with Crippen molar-refractivity contribution in [1.82, 2.24) is 0 Å². The van der Waals surface area contributed by atoms with Crippen molar-refractivity contribution in [3.63, 3.8) is 0 Å². The summed E-state index contributed by atoms with van der Waals surface area (Å²) in [6.45, 7) is 0.455. The van der Waals surface area contributed by atoms with Crippen LogP contribution in [0.5, 0.6) is 0 Å². The first-order valence-electron chi connectivity index (χ1n) is 8.95. The molecule has 2 aromatic carbocycles. The van der Waals surface area contributed by atoms with Crippen molar-refractivity contribution in [1.29, 1.82) is 0 Å². The number of nitrogens with zero attached hydrogens (tertiary/aromatic N) is 1. The quantitative estimate of drug-likeness (QED) is 0.702. The predicted octanol–water partition coefficient (Wildman–Crippen LogP) is 4.12. The summed E-state index contributed by atoms with van der Waals surface area (Å²) >= 11 is 5.60. The van der Waals surface area contributed by atoms with Gasteiger partial charge in [0.05, 0.1) is 29.1 Å². The Morgan fingerprint density at radius 1 is 1.23 bits per heavy atom. The second kappa shape index (κ2) is 8.35. The van der Waals surface area contributed by atoms with E-state index < -0.39 is 32.7 Å². The Bertz CT molecular complexity index is 1070. The summed E-state index contributed by atoms with van der Waals surface area (Å²) in [6.07, 6.45) is -2.24. The molecule has 0 spiro atoms. The average Bonchev–Trinajstić information content (AvgIpc) is 2.62. The first-order chi connectivity index (χ1) is 13.9. The Morgan fingerprint density at radius 2 is 1.97 bits per heavy atom. The fourth-order valence-corrected chi connectivity index (χ4v) is 4.17. The van der Waals surface area contributed by atoms with E-state index in [9.17, 15) is 26.4 Å². The van der Waals surface area contributed by atoms with E-state index in [0.29, 0.717) is 30.8 Å². The minimum atomic E-state index is -4.63. The molecular weight excluding hydrogens is 443 g/mol. The zero-order chi connectivity index (χ0) is 22.1. The number of fused-ring (bicyclic) bond motifs is 1. The minimum Gasteiger partial charge on any atom is -0.362 e. The van der Waals surface area contributed by atoms with E-state index in [1.54, 1.807) is 23.1 Å². The molecule has 1 heterocycles. The van der Waals surface area contributed by atoms with Gasteiger partial charge in [0.2, 0.25) is 15.9 Å². The SMILES string of the molecule is CS(=O)(=O)Nc1cccc2c1CCCN2CC(=O)Nc1ccc(Cl)c(C(F)(F)F)c1. The molecule has 162 valence electrons. The van der Waals surface area contributed by atoms with Gasteiger partial charge < -0.3 is 10.2 Å². The molecule has 1 amide bonds. The molecule has 0 saturated heterocycles. The van der Waals surface area contributed by atoms with E-state index in [1.807, 2.05) is 0 Å². The molecule has 0 radical (unpaired) electrons. The van der Waals surface area contributed by atoms with Gasteiger partial charge in [0.25, 0.3) is 0 Å².